The number of imidazole rings is 1. The molecule has 0 spiro atoms. The number of carbonyl (C=O) groups excluding carboxylic acids is 2. The van der Waals surface area contributed by atoms with Crippen molar-refractivity contribution in [3.8, 4) is 0 Å². The quantitative estimate of drug-likeness (QED) is 0.623. The van der Waals surface area contributed by atoms with E-state index in [1.807, 2.05) is 24.3 Å². The molecule has 2 amide bonds. The van der Waals surface area contributed by atoms with Gasteiger partial charge in [0.05, 0.1) is 23.7 Å². The van der Waals surface area contributed by atoms with Crippen LogP contribution in [-0.2, 0) is 11.2 Å². The molecule has 1 aromatic heterocycles. The normalized spacial score (nSPS) is 10.4. The number of hydrogen-bond acceptors (Lipinski definition) is 4. The fraction of sp³-hybridized carbons (Fsp3) is 0.167. The highest BCUT2D eigenvalue weighted by molar-refractivity contribution is 5.92. The molecule has 0 aliphatic rings. The van der Waals surface area contributed by atoms with Crippen LogP contribution in [0.1, 0.15) is 16.2 Å². The number of aromatic nitrogens is 2. The van der Waals surface area contributed by atoms with Crippen LogP contribution in [0.3, 0.4) is 0 Å². The van der Waals surface area contributed by atoms with E-state index in [0.717, 1.165) is 16.9 Å². The third kappa shape index (κ3) is 4.14. The number of esters is 1. The van der Waals surface area contributed by atoms with Crippen molar-refractivity contribution in [2.45, 2.75) is 6.42 Å². The Hall–Kier alpha value is -3.35. The van der Waals surface area contributed by atoms with Gasteiger partial charge in [-0.1, -0.05) is 12.1 Å². The molecule has 3 aromatic rings. The molecule has 128 valence electrons. The average Bonchev–Trinajstić information content (AvgIpc) is 3.04. The maximum Gasteiger partial charge on any atom is 0.337 e. The van der Waals surface area contributed by atoms with Crippen molar-refractivity contribution in [1.29, 1.82) is 0 Å². The number of anilines is 1. The van der Waals surface area contributed by atoms with Gasteiger partial charge in [0.25, 0.3) is 0 Å². The molecule has 3 rings (SSSR count). The molecule has 0 saturated carbocycles. The van der Waals surface area contributed by atoms with Crippen LogP contribution in [0.2, 0.25) is 0 Å². The average molecular weight is 338 g/mol. The summed E-state index contributed by atoms with van der Waals surface area (Å²) in [6, 6.07) is 13.9. The molecule has 0 aliphatic heterocycles. The number of methoxy groups -OCH3 is 1. The van der Waals surface area contributed by atoms with Crippen molar-refractivity contribution >= 4 is 28.7 Å². The first kappa shape index (κ1) is 16.5. The van der Waals surface area contributed by atoms with Gasteiger partial charge in [0.15, 0.2) is 0 Å². The van der Waals surface area contributed by atoms with E-state index in [9.17, 15) is 9.59 Å². The first-order valence-electron chi connectivity index (χ1n) is 7.82. The van der Waals surface area contributed by atoms with Crippen molar-refractivity contribution < 1.29 is 14.3 Å². The lowest BCUT2D eigenvalue weighted by molar-refractivity contribution is 0.0601. The molecule has 2 aromatic carbocycles. The zero-order chi connectivity index (χ0) is 17.6. The van der Waals surface area contributed by atoms with E-state index in [2.05, 4.69) is 25.3 Å². The summed E-state index contributed by atoms with van der Waals surface area (Å²) < 4.78 is 4.63. The summed E-state index contributed by atoms with van der Waals surface area (Å²) in [7, 11) is 1.32. The van der Waals surface area contributed by atoms with Crippen LogP contribution < -0.4 is 10.6 Å². The number of rotatable bonds is 5. The fourth-order valence-electron chi connectivity index (χ4n) is 2.40. The second-order valence-electron chi connectivity index (χ2n) is 5.40. The highest BCUT2D eigenvalue weighted by Gasteiger charge is 2.07. The Kier molecular flexibility index (Phi) is 4.94. The topological polar surface area (TPSA) is 96.1 Å². The molecule has 0 unspecified atom stereocenters. The maximum atomic E-state index is 11.9. The third-order valence-corrected chi connectivity index (χ3v) is 3.65. The van der Waals surface area contributed by atoms with Gasteiger partial charge in [-0.15, -0.1) is 0 Å². The Balaban J connectivity index is 1.48. The molecular weight excluding hydrogens is 320 g/mol. The Morgan fingerprint density at radius 1 is 1.12 bits per heavy atom. The van der Waals surface area contributed by atoms with Gasteiger partial charge < -0.3 is 20.4 Å². The maximum absolute atomic E-state index is 11.9. The van der Waals surface area contributed by atoms with Crippen LogP contribution in [0.4, 0.5) is 10.5 Å². The number of nitrogens with one attached hydrogen (secondary N) is 3. The van der Waals surface area contributed by atoms with E-state index in [-0.39, 0.29) is 6.03 Å². The van der Waals surface area contributed by atoms with Gasteiger partial charge in [-0.25, -0.2) is 14.6 Å². The molecule has 7 nitrogen and oxygen atoms in total. The summed E-state index contributed by atoms with van der Waals surface area (Å²) in [6.45, 7) is 0.450. The van der Waals surface area contributed by atoms with Crippen LogP contribution in [0.15, 0.2) is 48.5 Å². The van der Waals surface area contributed by atoms with Crippen LogP contribution in [0.25, 0.3) is 11.0 Å². The van der Waals surface area contributed by atoms with Gasteiger partial charge in [0, 0.05) is 18.7 Å². The number of carbonyl (C=O) groups is 2. The molecule has 0 bridgehead atoms. The second kappa shape index (κ2) is 7.48. The van der Waals surface area contributed by atoms with Crippen molar-refractivity contribution in [2.24, 2.45) is 0 Å². The fourth-order valence-corrected chi connectivity index (χ4v) is 2.40. The Morgan fingerprint density at radius 2 is 1.88 bits per heavy atom. The number of H-pyrrole nitrogens is 1. The summed E-state index contributed by atoms with van der Waals surface area (Å²) in [5.74, 6) is 0.408. The third-order valence-electron chi connectivity index (χ3n) is 3.65. The molecule has 0 radical (unpaired) electrons. The molecule has 25 heavy (non-hydrogen) atoms. The van der Waals surface area contributed by atoms with Crippen LogP contribution in [0, 0.1) is 0 Å². The number of amides is 2. The van der Waals surface area contributed by atoms with E-state index in [0.29, 0.717) is 24.2 Å². The SMILES string of the molecule is COC(=O)c1ccc(NC(=O)NCCc2nc3ccccc3[nH]2)cc1. The van der Waals surface area contributed by atoms with Crippen molar-refractivity contribution in [3.05, 3.63) is 59.9 Å². The standard InChI is InChI=1S/C18H18N4O3/c1-25-17(23)12-6-8-13(9-7-12)20-18(24)19-11-10-16-21-14-4-2-3-5-15(14)22-16/h2-9H,10-11H2,1H3,(H,21,22)(H2,19,20,24). The number of hydrogen-bond donors (Lipinski definition) is 3. The van der Waals surface area contributed by atoms with E-state index in [1.54, 1.807) is 24.3 Å². The second-order valence-corrected chi connectivity index (χ2v) is 5.40. The molecule has 0 aliphatic carbocycles. The number of urea groups is 1. The number of ether oxygens (including phenoxy) is 1. The lowest BCUT2D eigenvalue weighted by atomic mass is 10.2. The minimum absolute atomic E-state index is 0.318. The van der Waals surface area contributed by atoms with Gasteiger partial charge >= 0.3 is 12.0 Å². The molecule has 3 N–H and O–H groups in total. The highest BCUT2D eigenvalue weighted by atomic mass is 16.5. The highest BCUT2D eigenvalue weighted by Crippen LogP contribution is 2.11. The largest absolute Gasteiger partial charge is 0.465 e. The Morgan fingerprint density at radius 3 is 2.60 bits per heavy atom. The van der Waals surface area contributed by atoms with Crippen LogP contribution in [-0.4, -0.2) is 35.6 Å². The van der Waals surface area contributed by atoms with E-state index in [1.165, 1.54) is 7.11 Å². The summed E-state index contributed by atoms with van der Waals surface area (Å²) in [4.78, 5) is 30.9. The minimum Gasteiger partial charge on any atom is -0.465 e. The number of para-hydroxylation sites is 2. The van der Waals surface area contributed by atoms with Gasteiger partial charge in [0.2, 0.25) is 0 Å². The lowest BCUT2D eigenvalue weighted by Crippen LogP contribution is -2.30. The van der Waals surface area contributed by atoms with E-state index >= 15 is 0 Å². The first-order valence-corrected chi connectivity index (χ1v) is 7.82. The predicted octanol–water partition coefficient (Wildman–Crippen LogP) is 2.71. The number of fused-ring (bicyclic) bond motifs is 1. The zero-order valence-corrected chi connectivity index (χ0v) is 13.7. The predicted molar refractivity (Wildman–Crippen MR) is 94.6 cm³/mol. The van der Waals surface area contributed by atoms with E-state index < -0.39 is 5.97 Å². The summed E-state index contributed by atoms with van der Waals surface area (Å²) in [5, 5.41) is 5.48. The molecule has 7 heteroatoms. The number of nitrogens with zero attached hydrogens (tertiary/aromatic N) is 1. The van der Waals surface area contributed by atoms with Gasteiger partial charge in [-0.2, -0.15) is 0 Å². The molecule has 0 saturated heterocycles. The van der Waals surface area contributed by atoms with Gasteiger partial charge in [-0.3, -0.25) is 0 Å². The molecule has 0 fully saturated rings. The van der Waals surface area contributed by atoms with E-state index in [4.69, 9.17) is 0 Å². The summed E-state index contributed by atoms with van der Waals surface area (Å²) in [6.07, 6.45) is 0.601. The summed E-state index contributed by atoms with van der Waals surface area (Å²) >= 11 is 0. The first-order chi connectivity index (χ1) is 12.2. The molecule has 1 heterocycles. The minimum atomic E-state index is -0.415. The van der Waals surface area contributed by atoms with Gasteiger partial charge in [-0.05, 0) is 36.4 Å². The van der Waals surface area contributed by atoms with Crippen LogP contribution in [0.5, 0.6) is 0 Å². The van der Waals surface area contributed by atoms with Crippen molar-refractivity contribution in [1.82, 2.24) is 15.3 Å². The van der Waals surface area contributed by atoms with Crippen LogP contribution >= 0.6 is 0 Å². The molecular formula is C18H18N4O3. The molecule has 0 atom stereocenters. The summed E-state index contributed by atoms with van der Waals surface area (Å²) in [5.41, 5.74) is 2.91. The Labute approximate surface area is 144 Å². The smallest absolute Gasteiger partial charge is 0.337 e. The monoisotopic (exact) mass is 338 g/mol. The van der Waals surface area contributed by atoms with Crippen molar-refractivity contribution in [2.75, 3.05) is 19.0 Å². The van der Waals surface area contributed by atoms with Crippen molar-refractivity contribution in [3.63, 3.8) is 0 Å². The van der Waals surface area contributed by atoms with Gasteiger partial charge in [0.1, 0.15) is 5.82 Å². The lowest BCUT2D eigenvalue weighted by Gasteiger charge is -2.07. The zero-order valence-electron chi connectivity index (χ0n) is 13.7. The Bertz CT molecular complexity index is 854. The number of benzene rings is 2. The number of aromatic amines is 1.